The molecule has 0 aliphatic rings. The van der Waals surface area contributed by atoms with Crippen molar-refractivity contribution in [3.8, 4) is 0 Å². The zero-order valence-electron chi connectivity index (χ0n) is 10.9. The van der Waals surface area contributed by atoms with E-state index >= 15 is 0 Å². The molecule has 1 heterocycles. The summed E-state index contributed by atoms with van der Waals surface area (Å²) in [6.45, 7) is 5.83. The Morgan fingerprint density at radius 3 is 2.71 bits per heavy atom. The molecule has 0 radical (unpaired) electrons. The largest absolute Gasteiger partial charge is 0.355 e. The van der Waals surface area contributed by atoms with Crippen LogP contribution in [0.15, 0.2) is 6.07 Å². The zero-order chi connectivity index (χ0) is 12.7. The lowest BCUT2D eigenvalue weighted by Crippen LogP contribution is -2.30. The standard InChI is InChI=1S/C13H22N2OS/c1-10-9-12(11(2)17-10)5-4-6-13(16)15-8-7-14-3/h9,14H,4-8H2,1-3H3,(H,15,16). The van der Waals surface area contributed by atoms with E-state index in [1.165, 1.54) is 15.3 Å². The van der Waals surface area contributed by atoms with Gasteiger partial charge in [0.2, 0.25) is 5.91 Å². The molecule has 0 unspecified atom stereocenters. The van der Waals surface area contributed by atoms with E-state index in [4.69, 9.17) is 0 Å². The molecule has 0 aromatic carbocycles. The molecule has 0 spiro atoms. The molecule has 1 rings (SSSR count). The van der Waals surface area contributed by atoms with Gasteiger partial charge in [0.1, 0.15) is 0 Å². The van der Waals surface area contributed by atoms with Crippen molar-refractivity contribution in [3.63, 3.8) is 0 Å². The van der Waals surface area contributed by atoms with Gasteiger partial charge in [0.05, 0.1) is 0 Å². The monoisotopic (exact) mass is 254 g/mol. The van der Waals surface area contributed by atoms with Gasteiger partial charge in [0.15, 0.2) is 0 Å². The Kier molecular flexibility index (Phi) is 6.22. The summed E-state index contributed by atoms with van der Waals surface area (Å²) in [5.74, 6) is 0.157. The van der Waals surface area contributed by atoms with E-state index < -0.39 is 0 Å². The van der Waals surface area contributed by atoms with Gasteiger partial charge in [-0.15, -0.1) is 11.3 Å². The number of rotatable bonds is 7. The highest BCUT2D eigenvalue weighted by Gasteiger charge is 2.04. The summed E-state index contributed by atoms with van der Waals surface area (Å²) in [5, 5.41) is 5.89. The quantitative estimate of drug-likeness (QED) is 0.731. The minimum Gasteiger partial charge on any atom is -0.355 e. The van der Waals surface area contributed by atoms with Crippen LogP contribution in [0.5, 0.6) is 0 Å². The lowest BCUT2D eigenvalue weighted by atomic mass is 10.1. The summed E-state index contributed by atoms with van der Waals surface area (Å²) in [7, 11) is 1.88. The fourth-order valence-electron chi connectivity index (χ4n) is 1.79. The maximum atomic E-state index is 11.5. The van der Waals surface area contributed by atoms with Crippen molar-refractivity contribution in [1.82, 2.24) is 10.6 Å². The third-order valence-corrected chi connectivity index (χ3v) is 3.70. The van der Waals surface area contributed by atoms with Crippen LogP contribution in [0, 0.1) is 13.8 Å². The number of hydrogen-bond donors (Lipinski definition) is 2. The molecule has 0 aliphatic heterocycles. The van der Waals surface area contributed by atoms with E-state index in [0.29, 0.717) is 13.0 Å². The average Bonchev–Trinajstić information content (AvgIpc) is 2.58. The third-order valence-electron chi connectivity index (χ3n) is 2.69. The second-order valence-corrected chi connectivity index (χ2v) is 5.71. The summed E-state index contributed by atoms with van der Waals surface area (Å²) in [4.78, 5) is 14.2. The average molecular weight is 254 g/mol. The van der Waals surface area contributed by atoms with Gasteiger partial charge in [-0.05, 0) is 45.4 Å². The predicted molar refractivity (Wildman–Crippen MR) is 73.7 cm³/mol. The van der Waals surface area contributed by atoms with Gasteiger partial charge in [-0.2, -0.15) is 0 Å². The van der Waals surface area contributed by atoms with Crippen molar-refractivity contribution in [3.05, 3.63) is 21.4 Å². The zero-order valence-corrected chi connectivity index (χ0v) is 11.7. The first-order valence-electron chi connectivity index (χ1n) is 6.10. The lowest BCUT2D eigenvalue weighted by molar-refractivity contribution is -0.121. The Hall–Kier alpha value is -0.870. The first-order valence-corrected chi connectivity index (χ1v) is 6.92. The van der Waals surface area contributed by atoms with Crippen molar-refractivity contribution in [1.29, 1.82) is 0 Å². The van der Waals surface area contributed by atoms with Crippen LogP contribution in [-0.4, -0.2) is 26.0 Å². The fourth-order valence-corrected chi connectivity index (χ4v) is 2.76. The molecule has 0 saturated heterocycles. The minimum atomic E-state index is 0.157. The topological polar surface area (TPSA) is 41.1 Å². The molecule has 0 bridgehead atoms. The minimum absolute atomic E-state index is 0.157. The van der Waals surface area contributed by atoms with Gasteiger partial charge >= 0.3 is 0 Å². The Morgan fingerprint density at radius 2 is 2.12 bits per heavy atom. The summed E-state index contributed by atoms with van der Waals surface area (Å²) < 4.78 is 0. The smallest absolute Gasteiger partial charge is 0.220 e. The van der Waals surface area contributed by atoms with E-state index in [2.05, 4.69) is 30.5 Å². The normalized spacial score (nSPS) is 10.5. The molecular formula is C13H22N2OS. The van der Waals surface area contributed by atoms with Crippen LogP contribution in [0.4, 0.5) is 0 Å². The molecule has 0 aliphatic carbocycles. The number of nitrogens with one attached hydrogen (secondary N) is 2. The second kappa shape index (κ2) is 7.45. The van der Waals surface area contributed by atoms with Gasteiger partial charge in [-0.3, -0.25) is 4.79 Å². The lowest BCUT2D eigenvalue weighted by Gasteiger charge is -2.04. The molecule has 1 aromatic heterocycles. The van der Waals surface area contributed by atoms with Crippen LogP contribution < -0.4 is 10.6 Å². The van der Waals surface area contributed by atoms with E-state index in [1.54, 1.807) is 0 Å². The molecule has 1 amide bonds. The van der Waals surface area contributed by atoms with Crippen LogP contribution in [0.25, 0.3) is 0 Å². The fraction of sp³-hybridized carbons (Fsp3) is 0.615. The highest BCUT2D eigenvalue weighted by atomic mass is 32.1. The number of carbonyl (C=O) groups is 1. The molecule has 0 fully saturated rings. The first-order chi connectivity index (χ1) is 8.13. The number of likely N-dealkylation sites (N-methyl/N-ethyl adjacent to an activating group) is 1. The SMILES string of the molecule is CNCCNC(=O)CCCc1cc(C)sc1C. The molecule has 0 atom stereocenters. The van der Waals surface area contributed by atoms with Crippen LogP contribution >= 0.6 is 11.3 Å². The second-order valence-electron chi connectivity index (χ2n) is 4.25. The number of amides is 1. The highest BCUT2D eigenvalue weighted by molar-refractivity contribution is 7.12. The van der Waals surface area contributed by atoms with Crippen molar-refractivity contribution >= 4 is 17.2 Å². The maximum Gasteiger partial charge on any atom is 0.220 e. The Morgan fingerprint density at radius 1 is 1.35 bits per heavy atom. The van der Waals surface area contributed by atoms with Crippen molar-refractivity contribution in [2.45, 2.75) is 33.1 Å². The Balaban J connectivity index is 2.19. The van der Waals surface area contributed by atoms with Crippen molar-refractivity contribution in [2.24, 2.45) is 0 Å². The molecule has 0 saturated carbocycles. The molecule has 17 heavy (non-hydrogen) atoms. The van der Waals surface area contributed by atoms with Gasteiger partial charge < -0.3 is 10.6 Å². The summed E-state index contributed by atoms with van der Waals surface area (Å²) in [5.41, 5.74) is 1.40. The summed E-state index contributed by atoms with van der Waals surface area (Å²) >= 11 is 1.84. The Labute approximate surface area is 108 Å². The number of aryl methyl sites for hydroxylation is 3. The van der Waals surface area contributed by atoms with E-state index in [0.717, 1.165) is 19.4 Å². The van der Waals surface area contributed by atoms with Gasteiger partial charge in [0.25, 0.3) is 0 Å². The number of thiophene rings is 1. The van der Waals surface area contributed by atoms with Gasteiger partial charge in [-0.1, -0.05) is 0 Å². The molecule has 2 N–H and O–H groups in total. The predicted octanol–water partition coefficient (Wildman–Crippen LogP) is 2.02. The Bertz CT molecular complexity index is 360. The molecule has 96 valence electrons. The molecular weight excluding hydrogens is 232 g/mol. The first kappa shape index (κ1) is 14.2. The maximum absolute atomic E-state index is 11.5. The molecule has 4 heteroatoms. The van der Waals surface area contributed by atoms with Crippen LogP contribution in [0.3, 0.4) is 0 Å². The highest BCUT2D eigenvalue weighted by Crippen LogP contribution is 2.21. The van der Waals surface area contributed by atoms with Crippen LogP contribution in [-0.2, 0) is 11.2 Å². The van der Waals surface area contributed by atoms with Crippen LogP contribution in [0.2, 0.25) is 0 Å². The number of carbonyl (C=O) groups excluding carboxylic acids is 1. The molecule has 3 nitrogen and oxygen atoms in total. The summed E-state index contributed by atoms with van der Waals surface area (Å²) in [6, 6.07) is 2.24. The van der Waals surface area contributed by atoms with Gasteiger partial charge in [-0.25, -0.2) is 0 Å². The summed E-state index contributed by atoms with van der Waals surface area (Å²) in [6.07, 6.45) is 2.57. The van der Waals surface area contributed by atoms with Crippen molar-refractivity contribution < 1.29 is 4.79 Å². The van der Waals surface area contributed by atoms with Crippen molar-refractivity contribution in [2.75, 3.05) is 20.1 Å². The van der Waals surface area contributed by atoms with E-state index in [1.807, 2.05) is 18.4 Å². The van der Waals surface area contributed by atoms with E-state index in [-0.39, 0.29) is 5.91 Å². The van der Waals surface area contributed by atoms with E-state index in [9.17, 15) is 4.79 Å². The number of hydrogen-bond acceptors (Lipinski definition) is 3. The third kappa shape index (κ3) is 5.33. The van der Waals surface area contributed by atoms with Crippen LogP contribution in [0.1, 0.15) is 28.2 Å². The molecule has 1 aromatic rings. The van der Waals surface area contributed by atoms with Gasteiger partial charge in [0, 0.05) is 29.3 Å².